The van der Waals surface area contributed by atoms with Crippen molar-refractivity contribution in [3.63, 3.8) is 0 Å². The zero-order chi connectivity index (χ0) is 16.0. The maximum atomic E-state index is 12.7. The number of aromatic carboxylic acids is 1. The molecule has 23 heavy (non-hydrogen) atoms. The minimum atomic E-state index is -1.05. The second-order valence-electron chi connectivity index (χ2n) is 5.45. The van der Waals surface area contributed by atoms with Crippen LogP contribution in [-0.4, -0.2) is 38.6 Å². The topological polar surface area (TPSA) is 122 Å². The molecule has 0 spiro atoms. The van der Waals surface area contributed by atoms with Crippen LogP contribution in [0.1, 0.15) is 32.1 Å². The first-order chi connectivity index (χ1) is 11.1. The molecule has 9 heteroatoms. The second-order valence-corrected chi connectivity index (χ2v) is 5.45. The number of carbonyl (C=O) groups is 2. The number of fused-ring (bicyclic) bond motifs is 2. The smallest absolute Gasteiger partial charge is 0.356 e. The lowest BCUT2D eigenvalue weighted by Crippen LogP contribution is -2.36. The number of carboxylic acid groups (broad SMARTS) is 1. The predicted octanol–water partition coefficient (Wildman–Crippen LogP) is 0.563. The average Bonchev–Trinajstić information content (AvgIpc) is 3.19. The quantitative estimate of drug-likeness (QED) is 0.549. The number of H-pyrrole nitrogens is 1. The molecule has 9 nitrogen and oxygen atoms in total. The van der Waals surface area contributed by atoms with E-state index < -0.39 is 5.97 Å². The fourth-order valence-corrected chi connectivity index (χ4v) is 2.91. The lowest BCUT2D eigenvalue weighted by Gasteiger charge is -2.27. The van der Waals surface area contributed by atoms with E-state index in [0.717, 1.165) is 11.4 Å². The number of aromatic amines is 1. The van der Waals surface area contributed by atoms with Crippen LogP contribution >= 0.6 is 0 Å². The van der Waals surface area contributed by atoms with Gasteiger partial charge in [0.1, 0.15) is 0 Å². The summed E-state index contributed by atoms with van der Waals surface area (Å²) in [6.07, 6.45) is 0.478. The Balaban J connectivity index is 1.57. The van der Waals surface area contributed by atoms with Gasteiger partial charge >= 0.3 is 5.97 Å². The number of aromatic nitrogens is 2. The van der Waals surface area contributed by atoms with Crippen LogP contribution in [0.15, 0.2) is 18.2 Å². The Labute approximate surface area is 130 Å². The van der Waals surface area contributed by atoms with Crippen LogP contribution in [0.3, 0.4) is 0 Å². The Morgan fingerprint density at radius 2 is 2.04 bits per heavy atom. The van der Waals surface area contributed by atoms with E-state index in [4.69, 9.17) is 5.11 Å². The molecular weight excluding hydrogens is 300 g/mol. The van der Waals surface area contributed by atoms with Crippen molar-refractivity contribution in [3.8, 4) is 0 Å². The number of benzene rings is 1. The molecule has 0 radical (unpaired) electrons. The highest BCUT2D eigenvalue weighted by Gasteiger charge is 2.28. The lowest BCUT2D eigenvalue weighted by molar-refractivity contribution is 0.0689. The summed E-state index contributed by atoms with van der Waals surface area (Å²) in [4.78, 5) is 25.4. The van der Waals surface area contributed by atoms with Crippen LogP contribution in [-0.2, 0) is 13.0 Å². The summed E-state index contributed by atoms with van der Waals surface area (Å²) in [7, 11) is 0. The van der Waals surface area contributed by atoms with Crippen molar-refractivity contribution >= 4 is 23.3 Å². The summed E-state index contributed by atoms with van der Waals surface area (Å²) in [5, 5.41) is 15.6. The molecule has 0 fully saturated rings. The molecule has 0 aliphatic carbocycles. The maximum Gasteiger partial charge on any atom is 0.356 e. The van der Waals surface area contributed by atoms with Gasteiger partial charge in [-0.25, -0.2) is 4.79 Å². The predicted molar refractivity (Wildman–Crippen MR) is 80.8 cm³/mol. The Morgan fingerprint density at radius 3 is 2.87 bits per heavy atom. The maximum absolute atomic E-state index is 12.7. The number of anilines is 2. The SMILES string of the molecule is O=C(O)c1n[nH]c2c1CCN(C(=O)c1ccc3c(c1)NNN3)C2. The van der Waals surface area contributed by atoms with E-state index >= 15 is 0 Å². The van der Waals surface area contributed by atoms with E-state index in [2.05, 4.69) is 26.6 Å². The largest absolute Gasteiger partial charge is 0.476 e. The summed E-state index contributed by atoms with van der Waals surface area (Å²) in [6, 6.07) is 5.35. The molecule has 2 aliphatic heterocycles. The zero-order valence-electron chi connectivity index (χ0n) is 12.0. The van der Waals surface area contributed by atoms with E-state index in [1.165, 1.54) is 0 Å². The fraction of sp³-hybridized carbons (Fsp3) is 0.214. The van der Waals surface area contributed by atoms with Gasteiger partial charge in [0.15, 0.2) is 5.69 Å². The van der Waals surface area contributed by atoms with Crippen LogP contribution in [0.2, 0.25) is 0 Å². The third-order valence-corrected chi connectivity index (χ3v) is 4.08. The van der Waals surface area contributed by atoms with Gasteiger partial charge in [-0.3, -0.25) is 9.89 Å². The van der Waals surface area contributed by atoms with Gasteiger partial charge in [0.05, 0.1) is 23.6 Å². The number of nitrogens with zero attached hydrogens (tertiary/aromatic N) is 2. The number of carbonyl (C=O) groups excluding carboxylic acids is 1. The van der Waals surface area contributed by atoms with E-state index in [9.17, 15) is 9.59 Å². The first kappa shape index (κ1) is 13.6. The molecule has 0 saturated carbocycles. The van der Waals surface area contributed by atoms with Crippen LogP contribution in [0.25, 0.3) is 0 Å². The van der Waals surface area contributed by atoms with Crippen molar-refractivity contribution in [2.75, 3.05) is 17.4 Å². The second kappa shape index (κ2) is 4.99. The molecule has 3 heterocycles. The van der Waals surface area contributed by atoms with Crippen molar-refractivity contribution in [2.45, 2.75) is 13.0 Å². The summed E-state index contributed by atoms with van der Waals surface area (Å²) >= 11 is 0. The number of rotatable bonds is 2. The summed E-state index contributed by atoms with van der Waals surface area (Å²) in [6.45, 7) is 0.794. The molecule has 118 valence electrons. The Hall–Kier alpha value is -3.07. The van der Waals surface area contributed by atoms with Crippen molar-refractivity contribution in [1.29, 1.82) is 0 Å². The van der Waals surface area contributed by atoms with Gasteiger partial charge < -0.3 is 20.9 Å². The molecule has 0 saturated heterocycles. The average molecular weight is 314 g/mol. The van der Waals surface area contributed by atoms with Crippen LogP contribution in [0.5, 0.6) is 0 Å². The van der Waals surface area contributed by atoms with E-state index in [0.29, 0.717) is 36.3 Å². The number of hydrazine groups is 2. The van der Waals surface area contributed by atoms with Gasteiger partial charge in [-0.15, -0.1) is 5.53 Å². The van der Waals surface area contributed by atoms with Gasteiger partial charge in [0.25, 0.3) is 5.91 Å². The van der Waals surface area contributed by atoms with Gasteiger partial charge in [-0.1, -0.05) is 0 Å². The highest BCUT2D eigenvalue weighted by Crippen LogP contribution is 2.27. The van der Waals surface area contributed by atoms with Crippen LogP contribution < -0.4 is 16.4 Å². The number of nitrogens with one attached hydrogen (secondary N) is 4. The third kappa shape index (κ3) is 2.18. The Morgan fingerprint density at radius 1 is 1.22 bits per heavy atom. The van der Waals surface area contributed by atoms with E-state index in [1.807, 2.05) is 6.07 Å². The third-order valence-electron chi connectivity index (χ3n) is 4.08. The molecule has 4 rings (SSSR count). The molecular formula is C14H14N6O3. The highest BCUT2D eigenvalue weighted by molar-refractivity contribution is 5.97. The molecule has 5 N–H and O–H groups in total. The van der Waals surface area contributed by atoms with Crippen molar-refractivity contribution in [3.05, 3.63) is 40.7 Å². The fourth-order valence-electron chi connectivity index (χ4n) is 2.91. The van der Waals surface area contributed by atoms with Crippen molar-refractivity contribution < 1.29 is 14.7 Å². The van der Waals surface area contributed by atoms with Gasteiger partial charge in [0.2, 0.25) is 0 Å². The molecule has 0 unspecified atom stereocenters. The van der Waals surface area contributed by atoms with Gasteiger partial charge in [0, 0.05) is 17.7 Å². The monoisotopic (exact) mass is 314 g/mol. The minimum Gasteiger partial charge on any atom is -0.476 e. The standard InChI is InChI=1S/C14H14N6O3/c21-13(7-1-2-9-10(5-7)17-19-16-9)20-4-3-8-11(6-20)15-18-12(8)14(22)23/h1-2,5,16-17,19H,3-4,6H2,(H,15,18)(H,22,23). The molecule has 1 aromatic carbocycles. The first-order valence-corrected chi connectivity index (χ1v) is 7.13. The summed E-state index contributed by atoms with van der Waals surface area (Å²) in [5.41, 5.74) is 12.3. The zero-order valence-corrected chi connectivity index (χ0v) is 12.0. The number of hydrogen-bond acceptors (Lipinski definition) is 6. The first-order valence-electron chi connectivity index (χ1n) is 7.13. The van der Waals surface area contributed by atoms with Gasteiger partial charge in [-0.05, 0) is 24.6 Å². The number of hydrogen-bond donors (Lipinski definition) is 5. The van der Waals surface area contributed by atoms with Crippen molar-refractivity contribution in [1.82, 2.24) is 20.6 Å². The molecule has 1 aromatic heterocycles. The van der Waals surface area contributed by atoms with Crippen molar-refractivity contribution in [2.24, 2.45) is 0 Å². The molecule has 2 aliphatic rings. The highest BCUT2D eigenvalue weighted by atomic mass is 16.4. The lowest BCUT2D eigenvalue weighted by atomic mass is 10.0. The number of carboxylic acids is 1. The van der Waals surface area contributed by atoms with E-state index in [-0.39, 0.29) is 11.6 Å². The molecule has 1 amide bonds. The number of amides is 1. The Kier molecular flexibility index (Phi) is 2.95. The van der Waals surface area contributed by atoms with Gasteiger partial charge in [-0.2, -0.15) is 5.10 Å². The summed E-state index contributed by atoms with van der Waals surface area (Å²) in [5.74, 6) is -1.15. The summed E-state index contributed by atoms with van der Waals surface area (Å²) < 4.78 is 0. The molecule has 2 aromatic rings. The van der Waals surface area contributed by atoms with Crippen LogP contribution in [0, 0.1) is 0 Å². The van der Waals surface area contributed by atoms with Crippen LogP contribution in [0.4, 0.5) is 11.4 Å². The Bertz CT molecular complexity index is 815. The van der Waals surface area contributed by atoms with E-state index in [1.54, 1.807) is 17.0 Å². The minimum absolute atomic E-state index is 0.0472. The molecule has 0 bridgehead atoms. The normalized spacial score (nSPS) is 15.4. The molecule has 0 atom stereocenters.